The molecule has 4 aromatic heterocycles. The number of hydrogen-bond donors (Lipinski definition) is 1. The molecule has 1 fully saturated rings. The van der Waals surface area contributed by atoms with E-state index < -0.39 is 0 Å². The molecule has 0 saturated carbocycles. The van der Waals surface area contributed by atoms with Crippen LogP contribution in [0.15, 0.2) is 95.2 Å². The Morgan fingerprint density at radius 3 is 2.30 bits per heavy atom. The van der Waals surface area contributed by atoms with Gasteiger partial charge in [-0.05, 0) is 79.7 Å². The molecule has 1 aliphatic heterocycles. The Balaban J connectivity index is 0.000000234. The maximum atomic E-state index is 12.9. The first kappa shape index (κ1) is 34.1. The Labute approximate surface area is 288 Å². The lowest BCUT2D eigenvalue weighted by atomic mass is 10.0. The number of anilines is 1. The highest BCUT2D eigenvalue weighted by Gasteiger charge is 2.31. The van der Waals surface area contributed by atoms with Crippen molar-refractivity contribution in [3.63, 3.8) is 0 Å². The number of benzene rings is 1. The molecule has 14 heteroatoms. The minimum absolute atomic E-state index is 0. The average molecular weight is 784 g/mol. The van der Waals surface area contributed by atoms with Crippen LogP contribution in [0.3, 0.4) is 0 Å². The van der Waals surface area contributed by atoms with Gasteiger partial charge in [-0.1, -0.05) is 29.8 Å². The molecule has 0 spiro atoms. The maximum Gasteiger partial charge on any atom is 0.241 e. The third-order valence-electron chi connectivity index (χ3n) is 6.98. The van der Waals surface area contributed by atoms with E-state index in [0.29, 0.717) is 24.0 Å². The fraction of sp³-hybridized carbons (Fsp3) is 0.233. The SMILES string of the molecule is Cl.ClCc1cncn1Cc1ccc(Br)nc1.O=C1CN(C(Cc2ccc(Br)nc2)c2cnc[nH]2)CCN1c1cccc(Cl)c1. The summed E-state index contributed by atoms with van der Waals surface area (Å²) in [6.07, 6.45) is 11.5. The standard InChI is InChI=1S/C20H19BrClN5O.C10H9BrClN3.ClH/c21-19-5-4-14(10-24-19)8-18(17-11-23-13-25-17)26-6-7-27(20(28)12-26)16-3-1-2-15(22)9-16;11-10-2-1-8(4-14-10)6-15-7-13-5-9(15)3-12;/h1-5,9-11,13,18H,6-8,12H2,(H,23,25);1-2,4-5,7H,3,6H2;1H. The molecule has 9 nitrogen and oxygen atoms in total. The fourth-order valence-corrected chi connectivity index (χ4v) is 5.68. The Bertz CT molecular complexity index is 1620. The topological polar surface area (TPSA) is 95.8 Å². The first-order valence-corrected chi connectivity index (χ1v) is 15.9. The molecule has 5 heterocycles. The Kier molecular flexibility index (Phi) is 12.8. The largest absolute Gasteiger partial charge is 0.347 e. The molecule has 1 aromatic carbocycles. The molecular formula is C30H29Br2Cl3N8O. The molecule has 0 aliphatic carbocycles. The number of aromatic amines is 1. The van der Waals surface area contributed by atoms with Gasteiger partial charge in [-0.15, -0.1) is 24.0 Å². The first-order valence-electron chi connectivity index (χ1n) is 13.4. The predicted octanol–water partition coefficient (Wildman–Crippen LogP) is 7.10. The molecular weight excluding hydrogens is 755 g/mol. The van der Waals surface area contributed by atoms with E-state index in [1.807, 2.05) is 71.7 Å². The average Bonchev–Trinajstić information content (AvgIpc) is 3.71. The summed E-state index contributed by atoms with van der Waals surface area (Å²) < 4.78 is 3.66. The number of nitrogens with one attached hydrogen (secondary N) is 1. The number of piperazine rings is 1. The second-order valence-corrected chi connectivity index (χ2v) is 12.2. The maximum absolute atomic E-state index is 12.9. The van der Waals surface area contributed by atoms with Gasteiger partial charge in [0.1, 0.15) is 9.21 Å². The zero-order valence-corrected chi connectivity index (χ0v) is 28.9. The lowest BCUT2D eigenvalue weighted by Gasteiger charge is -2.38. The van der Waals surface area contributed by atoms with Gasteiger partial charge in [-0.2, -0.15) is 0 Å². The summed E-state index contributed by atoms with van der Waals surface area (Å²) >= 11 is 18.5. The minimum Gasteiger partial charge on any atom is -0.347 e. The van der Waals surface area contributed by atoms with Crippen LogP contribution in [-0.4, -0.2) is 59.9 Å². The summed E-state index contributed by atoms with van der Waals surface area (Å²) in [5.74, 6) is 0.538. The highest BCUT2D eigenvalue weighted by atomic mass is 79.9. The number of alkyl halides is 1. The first-order chi connectivity index (χ1) is 20.9. The van der Waals surface area contributed by atoms with Gasteiger partial charge in [0.15, 0.2) is 0 Å². The van der Waals surface area contributed by atoms with Crippen LogP contribution in [0, 0.1) is 0 Å². The Morgan fingerprint density at radius 2 is 1.68 bits per heavy atom. The van der Waals surface area contributed by atoms with Crippen LogP contribution in [0.4, 0.5) is 5.69 Å². The number of hydrogen-bond acceptors (Lipinski definition) is 6. The molecule has 230 valence electrons. The summed E-state index contributed by atoms with van der Waals surface area (Å²) in [6, 6.07) is 15.4. The van der Waals surface area contributed by atoms with E-state index in [1.54, 1.807) is 23.8 Å². The van der Waals surface area contributed by atoms with Crippen molar-refractivity contribution in [2.24, 2.45) is 0 Å². The number of imidazole rings is 2. The normalized spacial score (nSPS) is 14.0. The van der Waals surface area contributed by atoms with Crippen molar-refractivity contribution in [3.05, 3.63) is 123 Å². The van der Waals surface area contributed by atoms with Gasteiger partial charge in [-0.25, -0.2) is 19.9 Å². The van der Waals surface area contributed by atoms with Crippen molar-refractivity contribution in [1.29, 1.82) is 0 Å². The number of rotatable bonds is 8. The summed E-state index contributed by atoms with van der Waals surface area (Å²) in [7, 11) is 0. The number of carbonyl (C=O) groups excluding carboxylic acids is 1. The molecule has 1 atom stereocenters. The molecule has 1 aliphatic rings. The zero-order valence-electron chi connectivity index (χ0n) is 23.4. The molecule has 6 rings (SSSR count). The molecule has 1 N–H and O–H groups in total. The van der Waals surface area contributed by atoms with Gasteiger partial charge in [0.25, 0.3) is 0 Å². The Hall–Kier alpha value is -2.80. The van der Waals surface area contributed by atoms with Crippen LogP contribution in [0.5, 0.6) is 0 Å². The molecule has 1 saturated heterocycles. The Morgan fingerprint density at radius 1 is 0.932 bits per heavy atom. The smallest absolute Gasteiger partial charge is 0.241 e. The van der Waals surface area contributed by atoms with Gasteiger partial charge < -0.3 is 14.5 Å². The summed E-state index contributed by atoms with van der Waals surface area (Å²) in [4.78, 5) is 36.8. The predicted molar refractivity (Wildman–Crippen MR) is 182 cm³/mol. The van der Waals surface area contributed by atoms with E-state index in [9.17, 15) is 4.79 Å². The highest BCUT2D eigenvalue weighted by Crippen LogP contribution is 2.28. The van der Waals surface area contributed by atoms with Gasteiger partial charge in [0.05, 0.1) is 49.1 Å². The lowest BCUT2D eigenvalue weighted by Crippen LogP contribution is -2.51. The molecule has 1 unspecified atom stereocenters. The summed E-state index contributed by atoms with van der Waals surface area (Å²) in [5.41, 5.74) is 5.08. The molecule has 44 heavy (non-hydrogen) atoms. The third kappa shape index (κ3) is 9.12. The monoisotopic (exact) mass is 780 g/mol. The van der Waals surface area contributed by atoms with Crippen LogP contribution in [0.25, 0.3) is 0 Å². The lowest BCUT2D eigenvalue weighted by molar-refractivity contribution is -0.122. The van der Waals surface area contributed by atoms with Crippen LogP contribution < -0.4 is 4.90 Å². The number of amides is 1. The van der Waals surface area contributed by atoms with E-state index in [4.69, 9.17) is 23.2 Å². The van der Waals surface area contributed by atoms with E-state index in [0.717, 1.165) is 56.9 Å². The molecule has 5 aromatic rings. The third-order valence-corrected chi connectivity index (χ3v) is 8.43. The van der Waals surface area contributed by atoms with Crippen molar-refractivity contribution in [3.8, 4) is 0 Å². The van der Waals surface area contributed by atoms with Crippen LogP contribution in [0.1, 0.15) is 28.6 Å². The van der Waals surface area contributed by atoms with E-state index in [-0.39, 0.29) is 24.4 Å². The van der Waals surface area contributed by atoms with Crippen molar-refractivity contribution >= 4 is 79.1 Å². The van der Waals surface area contributed by atoms with E-state index >= 15 is 0 Å². The van der Waals surface area contributed by atoms with Gasteiger partial charge in [-0.3, -0.25) is 9.69 Å². The van der Waals surface area contributed by atoms with Gasteiger partial charge >= 0.3 is 0 Å². The van der Waals surface area contributed by atoms with Crippen molar-refractivity contribution < 1.29 is 4.79 Å². The number of halogens is 5. The molecule has 0 radical (unpaired) electrons. The van der Waals surface area contributed by atoms with Crippen molar-refractivity contribution in [2.45, 2.75) is 24.9 Å². The van der Waals surface area contributed by atoms with Gasteiger partial charge in [0.2, 0.25) is 5.91 Å². The van der Waals surface area contributed by atoms with Crippen LogP contribution in [0.2, 0.25) is 5.02 Å². The number of nitrogens with zero attached hydrogens (tertiary/aromatic N) is 7. The van der Waals surface area contributed by atoms with Crippen LogP contribution >= 0.6 is 67.5 Å². The second-order valence-electron chi connectivity index (χ2n) is 9.85. The number of aromatic nitrogens is 6. The minimum atomic E-state index is 0. The van der Waals surface area contributed by atoms with Gasteiger partial charge in [0, 0.05) is 48.6 Å². The number of carbonyl (C=O) groups is 1. The van der Waals surface area contributed by atoms with E-state index in [2.05, 4.69) is 61.7 Å². The van der Waals surface area contributed by atoms with E-state index in [1.165, 1.54) is 0 Å². The summed E-state index contributed by atoms with van der Waals surface area (Å²) in [6.45, 7) is 2.46. The zero-order chi connectivity index (χ0) is 30.2. The van der Waals surface area contributed by atoms with Crippen molar-refractivity contribution in [1.82, 2.24) is 34.4 Å². The summed E-state index contributed by atoms with van der Waals surface area (Å²) in [5, 5.41) is 0.630. The molecule has 1 amide bonds. The van der Waals surface area contributed by atoms with Crippen LogP contribution in [-0.2, 0) is 23.6 Å². The number of H-pyrrole nitrogens is 1. The second kappa shape index (κ2) is 16.5. The highest BCUT2D eigenvalue weighted by molar-refractivity contribution is 9.10. The number of pyridine rings is 2. The molecule has 0 bridgehead atoms. The van der Waals surface area contributed by atoms with Crippen molar-refractivity contribution in [2.75, 3.05) is 24.5 Å². The quantitative estimate of drug-likeness (QED) is 0.133. The fourth-order valence-electron chi connectivity index (χ4n) is 4.81.